The molecule has 1 amide bonds. The van der Waals surface area contributed by atoms with E-state index in [-0.39, 0.29) is 0 Å². The minimum Gasteiger partial charge on any atom is -0.486 e. The second kappa shape index (κ2) is 6.14. The van der Waals surface area contributed by atoms with Gasteiger partial charge in [0.15, 0.2) is 5.01 Å². The second-order valence-electron chi connectivity index (χ2n) is 3.71. The van der Waals surface area contributed by atoms with E-state index in [0.717, 1.165) is 16.7 Å². The third-order valence-electron chi connectivity index (χ3n) is 2.30. The molecule has 1 aromatic heterocycles. The monoisotopic (exact) mass is 278 g/mol. The Labute approximate surface area is 114 Å². The molecule has 19 heavy (non-hydrogen) atoms. The molecule has 0 saturated heterocycles. The first-order chi connectivity index (χ1) is 9.19. The van der Waals surface area contributed by atoms with Crippen LogP contribution >= 0.6 is 11.3 Å². The van der Waals surface area contributed by atoms with Crippen molar-refractivity contribution >= 4 is 22.4 Å². The number of aromatic nitrogens is 2. The Kier molecular flexibility index (Phi) is 4.30. The number of ether oxygens (including phenoxy) is 1. The van der Waals surface area contributed by atoms with E-state index < -0.39 is 5.91 Å². The molecule has 0 aliphatic carbocycles. The number of amides is 1. The lowest BCUT2D eigenvalue weighted by Gasteiger charge is -2.03. The summed E-state index contributed by atoms with van der Waals surface area (Å²) in [6, 6.07) is 6.66. The van der Waals surface area contributed by atoms with Crippen molar-refractivity contribution in [1.82, 2.24) is 10.2 Å². The predicted molar refractivity (Wildman–Crippen MR) is 73.4 cm³/mol. The third kappa shape index (κ3) is 3.65. The van der Waals surface area contributed by atoms with Crippen molar-refractivity contribution in [2.24, 2.45) is 5.73 Å². The van der Waals surface area contributed by atoms with E-state index in [2.05, 4.69) is 15.5 Å². The van der Waals surface area contributed by atoms with E-state index in [1.165, 1.54) is 11.3 Å². The highest BCUT2D eigenvalue weighted by Gasteiger charge is 2.05. The molecular formula is C12H14N4O2S. The first-order valence-corrected chi connectivity index (χ1v) is 6.59. The summed E-state index contributed by atoms with van der Waals surface area (Å²) >= 11 is 1.45. The largest absolute Gasteiger partial charge is 0.486 e. The van der Waals surface area contributed by atoms with E-state index in [9.17, 15) is 4.79 Å². The van der Waals surface area contributed by atoms with E-state index in [1.807, 2.05) is 6.92 Å². The van der Waals surface area contributed by atoms with Gasteiger partial charge in [0, 0.05) is 12.1 Å². The van der Waals surface area contributed by atoms with Crippen molar-refractivity contribution in [3.63, 3.8) is 0 Å². The molecule has 2 aromatic rings. The normalized spacial score (nSPS) is 10.2. The molecule has 0 bridgehead atoms. The van der Waals surface area contributed by atoms with Gasteiger partial charge in [-0.1, -0.05) is 11.3 Å². The van der Waals surface area contributed by atoms with Gasteiger partial charge in [0.1, 0.15) is 12.4 Å². The number of rotatable bonds is 6. The molecule has 0 unspecified atom stereocenters. The van der Waals surface area contributed by atoms with Crippen LogP contribution in [0.15, 0.2) is 24.3 Å². The molecular weight excluding hydrogens is 264 g/mol. The van der Waals surface area contributed by atoms with Gasteiger partial charge in [-0.15, -0.1) is 10.2 Å². The van der Waals surface area contributed by atoms with Crippen LogP contribution < -0.4 is 15.8 Å². The van der Waals surface area contributed by atoms with Gasteiger partial charge in [0.25, 0.3) is 0 Å². The summed E-state index contributed by atoms with van der Waals surface area (Å²) in [5.41, 5.74) is 5.61. The molecule has 2 rings (SSSR count). The van der Waals surface area contributed by atoms with Gasteiger partial charge in [0.2, 0.25) is 11.0 Å². The number of benzene rings is 1. The molecule has 0 spiro atoms. The Morgan fingerprint density at radius 1 is 1.37 bits per heavy atom. The summed E-state index contributed by atoms with van der Waals surface area (Å²) < 4.78 is 5.55. The molecule has 0 fully saturated rings. The van der Waals surface area contributed by atoms with E-state index in [1.54, 1.807) is 24.3 Å². The molecule has 3 N–H and O–H groups in total. The average Bonchev–Trinajstić information content (AvgIpc) is 2.85. The topological polar surface area (TPSA) is 90.1 Å². The van der Waals surface area contributed by atoms with Crippen LogP contribution in [0.4, 0.5) is 5.13 Å². The molecule has 0 atom stereocenters. The van der Waals surface area contributed by atoms with Gasteiger partial charge in [-0.25, -0.2) is 0 Å². The standard InChI is InChI=1S/C12H14N4O2S/c1-2-14-12-16-15-10(19-12)7-18-9-5-3-8(4-6-9)11(13)17/h3-6H,2,7H2,1H3,(H2,13,17)(H,14,16). The first-order valence-electron chi connectivity index (χ1n) is 5.78. The van der Waals surface area contributed by atoms with Gasteiger partial charge in [-0.2, -0.15) is 0 Å². The fourth-order valence-electron chi connectivity index (χ4n) is 1.40. The maximum Gasteiger partial charge on any atom is 0.248 e. The number of nitrogens with one attached hydrogen (secondary N) is 1. The fraction of sp³-hybridized carbons (Fsp3) is 0.250. The van der Waals surface area contributed by atoms with Gasteiger partial charge < -0.3 is 15.8 Å². The Morgan fingerprint density at radius 2 is 2.11 bits per heavy atom. The number of carbonyl (C=O) groups excluding carboxylic acids is 1. The predicted octanol–water partition coefficient (Wildman–Crippen LogP) is 1.65. The number of primary amides is 1. The van der Waals surface area contributed by atoms with Crippen LogP contribution in [0.3, 0.4) is 0 Å². The second-order valence-corrected chi connectivity index (χ2v) is 4.77. The Bertz CT molecular complexity index is 553. The molecule has 0 aliphatic heterocycles. The highest BCUT2D eigenvalue weighted by atomic mass is 32.1. The lowest BCUT2D eigenvalue weighted by atomic mass is 10.2. The minimum atomic E-state index is -0.453. The minimum absolute atomic E-state index is 0.346. The Hall–Kier alpha value is -2.15. The number of hydrogen-bond donors (Lipinski definition) is 2. The maximum absolute atomic E-state index is 10.9. The first kappa shape index (κ1) is 13.3. The average molecular weight is 278 g/mol. The third-order valence-corrected chi connectivity index (χ3v) is 3.15. The number of nitrogens with zero attached hydrogens (tertiary/aromatic N) is 2. The number of anilines is 1. The summed E-state index contributed by atoms with van der Waals surface area (Å²) in [5, 5.41) is 12.6. The van der Waals surface area contributed by atoms with Crippen molar-refractivity contribution in [3.05, 3.63) is 34.8 Å². The number of nitrogens with two attached hydrogens (primary N) is 1. The zero-order chi connectivity index (χ0) is 13.7. The van der Waals surface area contributed by atoms with Crippen molar-refractivity contribution in [1.29, 1.82) is 0 Å². The smallest absolute Gasteiger partial charge is 0.248 e. The SMILES string of the molecule is CCNc1nnc(COc2ccc(C(N)=O)cc2)s1. The molecule has 0 radical (unpaired) electrons. The highest BCUT2D eigenvalue weighted by Crippen LogP contribution is 2.18. The maximum atomic E-state index is 10.9. The molecule has 100 valence electrons. The lowest BCUT2D eigenvalue weighted by molar-refractivity contribution is 0.100. The van der Waals surface area contributed by atoms with Gasteiger partial charge in [0.05, 0.1) is 0 Å². The number of carbonyl (C=O) groups is 1. The van der Waals surface area contributed by atoms with Crippen LogP contribution in [-0.2, 0) is 6.61 Å². The summed E-state index contributed by atoms with van der Waals surface area (Å²) in [4.78, 5) is 10.9. The molecule has 6 nitrogen and oxygen atoms in total. The van der Waals surface area contributed by atoms with Crippen molar-refractivity contribution in [3.8, 4) is 5.75 Å². The van der Waals surface area contributed by atoms with Crippen molar-refractivity contribution in [2.75, 3.05) is 11.9 Å². The van der Waals surface area contributed by atoms with E-state index in [4.69, 9.17) is 10.5 Å². The lowest BCUT2D eigenvalue weighted by Crippen LogP contribution is -2.10. The van der Waals surface area contributed by atoms with Crippen molar-refractivity contribution in [2.45, 2.75) is 13.5 Å². The Morgan fingerprint density at radius 3 is 2.74 bits per heavy atom. The highest BCUT2D eigenvalue weighted by molar-refractivity contribution is 7.15. The van der Waals surface area contributed by atoms with Crippen LogP contribution in [-0.4, -0.2) is 22.6 Å². The van der Waals surface area contributed by atoms with Crippen LogP contribution in [0, 0.1) is 0 Å². The molecule has 0 saturated carbocycles. The van der Waals surface area contributed by atoms with E-state index in [0.29, 0.717) is 17.9 Å². The van der Waals surface area contributed by atoms with E-state index >= 15 is 0 Å². The Balaban J connectivity index is 1.92. The van der Waals surface area contributed by atoms with Gasteiger partial charge in [-0.3, -0.25) is 4.79 Å². The molecule has 0 aliphatic rings. The number of hydrogen-bond acceptors (Lipinski definition) is 6. The van der Waals surface area contributed by atoms with Crippen LogP contribution in [0.5, 0.6) is 5.75 Å². The fourth-order valence-corrected chi connectivity index (χ4v) is 2.12. The van der Waals surface area contributed by atoms with Crippen LogP contribution in [0.2, 0.25) is 0 Å². The van der Waals surface area contributed by atoms with Crippen LogP contribution in [0.1, 0.15) is 22.3 Å². The van der Waals surface area contributed by atoms with Gasteiger partial charge >= 0.3 is 0 Å². The molecule has 7 heteroatoms. The summed E-state index contributed by atoms with van der Waals surface area (Å²) in [5.74, 6) is 0.205. The zero-order valence-electron chi connectivity index (χ0n) is 10.4. The quantitative estimate of drug-likeness (QED) is 0.838. The zero-order valence-corrected chi connectivity index (χ0v) is 11.2. The van der Waals surface area contributed by atoms with Gasteiger partial charge in [-0.05, 0) is 31.2 Å². The van der Waals surface area contributed by atoms with Crippen LogP contribution in [0.25, 0.3) is 0 Å². The molecule has 1 aromatic carbocycles. The summed E-state index contributed by atoms with van der Waals surface area (Å²) in [7, 11) is 0. The summed E-state index contributed by atoms with van der Waals surface area (Å²) in [6.45, 7) is 3.15. The van der Waals surface area contributed by atoms with Crippen molar-refractivity contribution < 1.29 is 9.53 Å². The molecule has 1 heterocycles. The summed E-state index contributed by atoms with van der Waals surface area (Å²) in [6.07, 6.45) is 0.